The van der Waals surface area contributed by atoms with Gasteiger partial charge in [0.2, 0.25) is 0 Å². The van der Waals surface area contributed by atoms with E-state index in [1.807, 2.05) is 54.6 Å². The van der Waals surface area contributed by atoms with Crippen molar-refractivity contribution in [2.75, 3.05) is 26.3 Å². The Kier molecular flexibility index (Phi) is 6.77. The summed E-state index contributed by atoms with van der Waals surface area (Å²) in [5.74, 6) is 7.16. The summed E-state index contributed by atoms with van der Waals surface area (Å²) in [7, 11) is 0. The molecule has 0 radical (unpaired) electrons. The molecular weight excluding hydrogens is 358 g/mol. The second-order valence-corrected chi connectivity index (χ2v) is 6.49. The van der Waals surface area contributed by atoms with Gasteiger partial charge >= 0.3 is 0 Å². The van der Waals surface area contributed by atoms with Crippen LogP contribution >= 0.6 is 0 Å². The lowest BCUT2D eigenvalue weighted by Gasteiger charge is -2.37. The highest BCUT2D eigenvalue weighted by Crippen LogP contribution is 2.29. The largest absolute Gasteiger partial charge is 0.530 e. The maximum absolute atomic E-state index is 10.9. The number of benzene rings is 2. The molecule has 2 unspecified atom stereocenters. The molecule has 0 spiro atoms. The van der Waals surface area contributed by atoms with Crippen LogP contribution in [-0.2, 0) is 0 Å². The number of para-hydroxylation sites is 1. The summed E-state index contributed by atoms with van der Waals surface area (Å²) in [4.78, 5) is 12.0. The van der Waals surface area contributed by atoms with Gasteiger partial charge in [0.15, 0.2) is 0 Å². The molecule has 0 aromatic heterocycles. The summed E-state index contributed by atoms with van der Waals surface area (Å²) in [5.41, 5.74) is 0.959. The van der Waals surface area contributed by atoms with Crippen molar-refractivity contribution >= 4 is 6.09 Å². The van der Waals surface area contributed by atoms with Gasteiger partial charge in [-0.25, -0.2) is 0 Å². The molecule has 2 atom stereocenters. The Morgan fingerprint density at radius 3 is 2.21 bits per heavy atom. The van der Waals surface area contributed by atoms with Gasteiger partial charge in [-0.3, -0.25) is 0 Å². The summed E-state index contributed by atoms with van der Waals surface area (Å²) < 4.78 is 11.1. The van der Waals surface area contributed by atoms with Crippen LogP contribution in [0.2, 0.25) is 0 Å². The third kappa shape index (κ3) is 5.41. The number of carboxylic acid groups (broad SMARTS) is 1. The standard InChI is InChI=1S/C22H23NO5/c24-21-16-23(22(25)26)13-12-20(21)17-8-10-19(11-9-17)28-15-5-4-14-27-18-6-2-1-3-7-18/h1-3,6-11,20-21,24H,12-16H2,(H,25,26)/p-1. The van der Waals surface area contributed by atoms with E-state index in [-0.39, 0.29) is 19.1 Å². The fourth-order valence-corrected chi connectivity index (χ4v) is 3.16. The number of hydrogen-bond acceptors (Lipinski definition) is 5. The third-order valence-electron chi connectivity index (χ3n) is 4.64. The van der Waals surface area contributed by atoms with E-state index in [9.17, 15) is 15.0 Å². The zero-order valence-electron chi connectivity index (χ0n) is 15.4. The van der Waals surface area contributed by atoms with Crippen LogP contribution in [0.25, 0.3) is 0 Å². The first kappa shape index (κ1) is 19.6. The zero-order valence-corrected chi connectivity index (χ0v) is 15.4. The number of likely N-dealkylation sites (tertiary alicyclic amines) is 1. The van der Waals surface area contributed by atoms with E-state index in [0.29, 0.717) is 25.3 Å². The molecule has 0 bridgehead atoms. The molecule has 0 saturated carbocycles. The maximum Gasteiger partial charge on any atom is 0.149 e. The van der Waals surface area contributed by atoms with Gasteiger partial charge in [-0.05, 0) is 36.2 Å². The fraction of sp³-hybridized carbons (Fsp3) is 0.318. The molecule has 1 aliphatic rings. The van der Waals surface area contributed by atoms with Crippen LogP contribution in [0, 0.1) is 11.8 Å². The number of piperidine rings is 1. The van der Waals surface area contributed by atoms with Crippen LogP contribution in [0.15, 0.2) is 54.6 Å². The number of rotatable bonds is 5. The molecular formula is C22H22NO5-. The van der Waals surface area contributed by atoms with Gasteiger partial charge in [-0.2, -0.15) is 0 Å². The topological polar surface area (TPSA) is 82.1 Å². The van der Waals surface area contributed by atoms with Crippen LogP contribution in [0.5, 0.6) is 11.5 Å². The van der Waals surface area contributed by atoms with Crippen LogP contribution in [0.3, 0.4) is 0 Å². The van der Waals surface area contributed by atoms with E-state index in [4.69, 9.17) is 9.47 Å². The number of β-amino-alcohol motifs (C(OH)–C–C–N with tert-alkyl or cyclic N) is 1. The van der Waals surface area contributed by atoms with E-state index in [0.717, 1.165) is 16.2 Å². The van der Waals surface area contributed by atoms with Gasteiger partial charge in [0, 0.05) is 19.0 Å². The van der Waals surface area contributed by atoms with Crippen molar-refractivity contribution in [3.8, 4) is 23.3 Å². The van der Waals surface area contributed by atoms with Crippen molar-refractivity contribution in [3.63, 3.8) is 0 Å². The summed E-state index contributed by atoms with van der Waals surface area (Å²) in [5, 5.41) is 21.1. The maximum atomic E-state index is 10.9. The van der Waals surface area contributed by atoms with E-state index in [1.165, 1.54) is 0 Å². The average molecular weight is 380 g/mol. The smallest absolute Gasteiger partial charge is 0.149 e. The van der Waals surface area contributed by atoms with Gasteiger partial charge in [-0.15, -0.1) is 0 Å². The highest BCUT2D eigenvalue weighted by molar-refractivity contribution is 5.62. The monoisotopic (exact) mass is 380 g/mol. The minimum absolute atomic E-state index is 0.0753. The molecule has 6 heteroatoms. The van der Waals surface area contributed by atoms with Gasteiger partial charge in [-0.1, -0.05) is 42.2 Å². The summed E-state index contributed by atoms with van der Waals surface area (Å²) in [6, 6.07) is 16.9. The van der Waals surface area contributed by atoms with E-state index in [2.05, 4.69) is 11.8 Å². The van der Waals surface area contributed by atoms with E-state index < -0.39 is 12.2 Å². The van der Waals surface area contributed by atoms with Gasteiger partial charge in [0.1, 0.15) is 30.8 Å². The molecule has 1 saturated heterocycles. The van der Waals surface area contributed by atoms with Gasteiger partial charge in [0.25, 0.3) is 0 Å². The molecule has 6 nitrogen and oxygen atoms in total. The fourth-order valence-electron chi connectivity index (χ4n) is 3.16. The second-order valence-electron chi connectivity index (χ2n) is 6.49. The van der Waals surface area contributed by atoms with Gasteiger partial charge in [0.05, 0.1) is 6.10 Å². The third-order valence-corrected chi connectivity index (χ3v) is 4.64. The average Bonchev–Trinajstić information content (AvgIpc) is 2.72. The molecule has 1 N–H and O–H groups in total. The van der Waals surface area contributed by atoms with Crippen LogP contribution in [-0.4, -0.2) is 48.5 Å². The SMILES string of the molecule is O=C([O-])N1CCC(c2ccc(OCC#CCOc3ccccc3)cc2)C(O)C1. The lowest BCUT2D eigenvalue weighted by atomic mass is 9.87. The second kappa shape index (κ2) is 9.67. The minimum Gasteiger partial charge on any atom is -0.530 e. The summed E-state index contributed by atoms with van der Waals surface area (Å²) >= 11 is 0. The molecule has 28 heavy (non-hydrogen) atoms. The van der Waals surface area contributed by atoms with Crippen LogP contribution in [0.4, 0.5) is 4.79 Å². The lowest BCUT2D eigenvalue weighted by molar-refractivity contribution is -0.268. The number of nitrogens with zero attached hydrogens (tertiary/aromatic N) is 1. The molecule has 0 aliphatic carbocycles. The van der Waals surface area contributed by atoms with Crippen molar-refractivity contribution in [2.45, 2.75) is 18.4 Å². The summed E-state index contributed by atoms with van der Waals surface area (Å²) in [6.07, 6.45) is -1.42. The van der Waals surface area contributed by atoms with Crippen LogP contribution in [0.1, 0.15) is 17.9 Å². The van der Waals surface area contributed by atoms with Crippen molar-refractivity contribution < 1.29 is 24.5 Å². The molecule has 1 aliphatic heterocycles. The number of ether oxygens (including phenoxy) is 2. The first-order valence-electron chi connectivity index (χ1n) is 9.14. The number of hydrogen-bond donors (Lipinski definition) is 1. The highest BCUT2D eigenvalue weighted by atomic mass is 16.5. The Labute approximate surface area is 164 Å². The minimum atomic E-state index is -1.24. The Morgan fingerprint density at radius 1 is 1.04 bits per heavy atom. The van der Waals surface area contributed by atoms with E-state index in [1.54, 1.807) is 0 Å². The van der Waals surface area contributed by atoms with Crippen molar-refractivity contribution in [1.29, 1.82) is 0 Å². The number of amides is 1. The van der Waals surface area contributed by atoms with Gasteiger partial charge < -0.3 is 29.4 Å². The molecule has 1 fully saturated rings. The Balaban J connectivity index is 1.44. The Bertz CT molecular complexity index is 826. The molecule has 1 heterocycles. The predicted octanol–water partition coefficient (Wildman–Crippen LogP) is 1.64. The van der Waals surface area contributed by atoms with Crippen molar-refractivity contribution in [2.24, 2.45) is 0 Å². The Hall–Kier alpha value is -3.17. The molecule has 1 amide bonds. The van der Waals surface area contributed by atoms with E-state index >= 15 is 0 Å². The van der Waals surface area contributed by atoms with Crippen molar-refractivity contribution in [1.82, 2.24) is 4.90 Å². The lowest BCUT2D eigenvalue weighted by Crippen LogP contribution is -2.50. The Morgan fingerprint density at radius 2 is 1.64 bits per heavy atom. The summed E-state index contributed by atoms with van der Waals surface area (Å²) in [6.45, 7) is 0.994. The normalized spacial score (nSPS) is 18.7. The first-order chi connectivity index (χ1) is 13.6. The quantitative estimate of drug-likeness (QED) is 0.798. The first-order valence-corrected chi connectivity index (χ1v) is 9.14. The molecule has 3 rings (SSSR count). The van der Waals surface area contributed by atoms with Crippen molar-refractivity contribution in [3.05, 3.63) is 60.2 Å². The van der Waals surface area contributed by atoms with Crippen LogP contribution < -0.4 is 14.6 Å². The predicted molar refractivity (Wildman–Crippen MR) is 102 cm³/mol. The molecule has 2 aromatic carbocycles. The number of aliphatic hydroxyl groups excluding tert-OH is 1. The number of carbonyl (C=O) groups is 1. The molecule has 2 aromatic rings. The number of carbonyl (C=O) groups excluding carboxylic acids is 1. The number of aliphatic hydroxyl groups is 1. The highest BCUT2D eigenvalue weighted by Gasteiger charge is 2.28. The molecule has 146 valence electrons. The zero-order chi connectivity index (χ0) is 19.8.